The summed E-state index contributed by atoms with van der Waals surface area (Å²) in [6.45, 7) is 3.26. The number of nitrogens with zero attached hydrogens (tertiary/aromatic N) is 4. The van der Waals surface area contributed by atoms with Gasteiger partial charge in [0.1, 0.15) is 23.4 Å². The number of amides is 1. The molecule has 1 amide bonds. The van der Waals surface area contributed by atoms with Gasteiger partial charge in [0.15, 0.2) is 0 Å². The molecule has 2 aromatic carbocycles. The molecule has 0 spiro atoms. The molecule has 0 bridgehead atoms. The van der Waals surface area contributed by atoms with Crippen molar-refractivity contribution in [2.45, 2.75) is 39.0 Å². The van der Waals surface area contributed by atoms with Gasteiger partial charge in [0.25, 0.3) is 5.91 Å². The molecule has 5 rings (SSSR count). The number of carbonyl (C=O) groups is 1. The molecule has 1 atom stereocenters. The lowest BCUT2D eigenvalue weighted by Gasteiger charge is -2.25. The summed E-state index contributed by atoms with van der Waals surface area (Å²) in [4.78, 5) is 20.1. The third-order valence-corrected chi connectivity index (χ3v) is 6.11. The predicted octanol–water partition coefficient (Wildman–Crippen LogP) is 4.24. The van der Waals surface area contributed by atoms with Gasteiger partial charge < -0.3 is 18.7 Å². The van der Waals surface area contributed by atoms with E-state index in [1.165, 1.54) is 0 Å². The van der Waals surface area contributed by atoms with Crippen LogP contribution >= 0.6 is 0 Å². The van der Waals surface area contributed by atoms with Crippen LogP contribution in [0.15, 0.2) is 59.1 Å². The van der Waals surface area contributed by atoms with E-state index in [9.17, 15) is 4.79 Å². The highest BCUT2D eigenvalue weighted by Crippen LogP contribution is 2.28. The van der Waals surface area contributed by atoms with Crippen molar-refractivity contribution in [1.29, 1.82) is 0 Å². The second-order valence-electron chi connectivity index (χ2n) is 8.20. The molecule has 1 aliphatic rings. The standard InChI is InChI=1S/C25H26N4O3/c1-17-19(24(27-32-17)18-9-4-3-5-10-18)15-29(25(30)22-13-8-14-31-22)16-23-26-20-11-6-7-12-21(20)28(23)2/h3-7,9-12,22H,8,13-16H2,1-2H3. The van der Waals surface area contributed by atoms with Crippen LogP contribution in [-0.2, 0) is 29.7 Å². The smallest absolute Gasteiger partial charge is 0.252 e. The summed E-state index contributed by atoms with van der Waals surface area (Å²) in [7, 11) is 1.99. The molecule has 7 heteroatoms. The van der Waals surface area contributed by atoms with Gasteiger partial charge >= 0.3 is 0 Å². The van der Waals surface area contributed by atoms with Gasteiger partial charge in [-0.2, -0.15) is 0 Å². The van der Waals surface area contributed by atoms with E-state index in [0.29, 0.717) is 25.5 Å². The molecule has 7 nitrogen and oxygen atoms in total. The van der Waals surface area contributed by atoms with E-state index in [1.807, 2.05) is 78.0 Å². The number of benzene rings is 2. The zero-order valence-electron chi connectivity index (χ0n) is 18.3. The van der Waals surface area contributed by atoms with Crippen LogP contribution in [0.2, 0.25) is 0 Å². The SMILES string of the molecule is Cc1onc(-c2ccccc2)c1CN(Cc1nc2ccccc2n1C)C(=O)C1CCCO1. The Morgan fingerprint density at radius 2 is 1.91 bits per heavy atom. The third-order valence-electron chi connectivity index (χ3n) is 6.11. The Kier molecular flexibility index (Phi) is 5.49. The number of ether oxygens (including phenoxy) is 1. The Balaban J connectivity index is 1.50. The number of aromatic nitrogens is 3. The van der Waals surface area contributed by atoms with Gasteiger partial charge in [0.2, 0.25) is 0 Å². The van der Waals surface area contributed by atoms with Crippen LogP contribution in [-0.4, -0.2) is 38.2 Å². The molecule has 0 N–H and O–H groups in total. The van der Waals surface area contributed by atoms with Crippen LogP contribution < -0.4 is 0 Å². The van der Waals surface area contributed by atoms with Gasteiger partial charge in [-0.15, -0.1) is 0 Å². The highest BCUT2D eigenvalue weighted by atomic mass is 16.5. The maximum absolute atomic E-state index is 13.5. The molecule has 4 aromatic rings. The van der Waals surface area contributed by atoms with Crippen molar-refractivity contribution >= 4 is 16.9 Å². The monoisotopic (exact) mass is 430 g/mol. The van der Waals surface area contributed by atoms with Crippen molar-refractivity contribution in [2.75, 3.05) is 6.61 Å². The van der Waals surface area contributed by atoms with E-state index in [1.54, 1.807) is 0 Å². The highest BCUT2D eigenvalue weighted by Gasteiger charge is 2.31. The quantitative estimate of drug-likeness (QED) is 0.457. The van der Waals surface area contributed by atoms with Gasteiger partial charge in [0.05, 0.1) is 24.1 Å². The van der Waals surface area contributed by atoms with Crippen LogP contribution in [0.25, 0.3) is 22.3 Å². The molecule has 32 heavy (non-hydrogen) atoms. The summed E-state index contributed by atoms with van der Waals surface area (Å²) in [6.07, 6.45) is 1.23. The van der Waals surface area contributed by atoms with Crippen LogP contribution in [0.4, 0.5) is 0 Å². The Morgan fingerprint density at radius 1 is 1.12 bits per heavy atom. The summed E-state index contributed by atoms with van der Waals surface area (Å²) in [5, 5.41) is 4.29. The first-order valence-corrected chi connectivity index (χ1v) is 10.9. The molecule has 1 fully saturated rings. The number of hydrogen-bond donors (Lipinski definition) is 0. The number of rotatable bonds is 6. The second-order valence-corrected chi connectivity index (χ2v) is 8.20. The second kappa shape index (κ2) is 8.59. The Bertz CT molecular complexity index is 1240. The zero-order valence-corrected chi connectivity index (χ0v) is 18.3. The molecule has 3 heterocycles. The fraction of sp³-hybridized carbons (Fsp3) is 0.320. The number of carbonyl (C=O) groups excluding carboxylic acids is 1. The zero-order chi connectivity index (χ0) is 22.1. The van der Waals surface area contributed by atoms with Crippen molar-refractivity contribution in [2.24, 2.45) is 7.05 Å². The topological polar surface area (TPSA) is 73.4 Å². The molecule has 0 aliphatic carbocycles. The Morgan fingerprint density at radius 3 is 2.66 bits per heavy atom. The molecular formula is C25H26N4O3. The van der Waals surface area contributed by atoms with Crippen LogP contribution in [0, 0.1) is 6.92 Å². The molecule has 164 valence electrons. The van der Waals surface area contributed by atoms with Gasteiger partial charge in [-0.3, -0.25) is 4.79 Å². The fourth-order valence-electron chi connectivity index (χ4n) is 4.29. The molecule has 0 saturated carbocycles. The lowest BCUT2D eigenvalue weighted by Crippen LogP contribution is -2.38. The van der Waals surface area contributed by atoms with Crippen molar-refractivity contribution in [1.82, 2.24) is 19.6 Å². The average Bonchev–Trinajstić information content (AvgIpc) is 3.55. The lowest BCUT2D eigenvalue weighted by molar-refractivity contribution is -0.142. The summed E-state index contributed by atoms with van der Waals surface area (Å²) in [6, 6.07) is 17.9. The highest BCUT2D eigenvalue weighted by molar-refractivity contribution is 5.82. The van der Waals surface area contributed by atoms with Crippen LogP contribution in [0.5, 0.6) is 0 Å². The lowest BCUT2D eigenvalue weighted by atomic mass is 10.1. The van der Waals surface area contributed by atoms with Crippen LogP contribution in [0.3, 0.4) is 0 Å². The molecular weight excluding hydrogens is 404 g/mol. The van der Waals surface area contributed by atoms with E-state index in [-0.39, 0.29) is 5.91 Å². The summed E-state index contributed by atoms with van der Waals surface area (Å²) >= 11 is 0. The number of imidazole rings is 1. The average molecular weight is 431 g/mol. The minimum absolute atomic E-state index is 0.0193. The number of fused-ring (bicyclic) bond motifs is 1. The first-order chi connectivity index (χ1) is 15.6. The molecule has 1 saturated heterocycles. The van der Waals surface area contributed by atoms with Crippen molar-refractivity contribution < 1.29 is 14.1 Å². The Hall–Kier alpha value is -3.45. The molecule has 1 aliphatic heterocycles. The van der Waals surface area contributed by atoms with Gasteiger partial charge in [0, 0.05) is 24.8 Å². The van der Waals surface area contributed by atoms with Crippen LogP contribution in [0.1, 0.15) is 30.0 Å². The van der Waals surface area contributed by atoms with Gasteiger partial charge in [-0.05, 0) is 31.9 Å². The van der Waals surface area contributed by atoms with E-state index in [0.717, 1.165) is 46.5 Å². The fourth-order valence-corrected chi connectivity index (χ4v) is 4.29. The third kappa shape index (κ3) is 3.80. The van der Waals surface area contributed by atoms with Crippen molar-refractivity contribution in [3.63, 3.8) is 0 Å². The minimum atomic E-state index is -0.412. The number of hydrogen-bond acceptors (Lipinski definition) is 5. The van der Waals surface area contributed by atoms with Gasteiger partial charge in [-0.1, -0.05) is 47.6 Å². The molecule has 2 aromatic heterocycles. The van der Waals surface area contributed by atoms with Crippen molar-refractivity contribution in [3.05, 3.63) is 71.7 Å². The number of aryl methyl sites for hydroxylation is 2. The van der Waals surface area contributed by atoms with E-state index in [4.69, 9.17) is 14.2 Å². The maximum atomic E-state index is 13.5. The molecule has 0 radical (unpaired) electrons. The first kappa shape index (κ1) is 20.5. The predicted molar refractivity (Wildman–Crippen MR) is 121 cm³/mol. The van der Waals surface area contributed by atoms with E-state index in [2.05, 4.69) is 5.16 Å². The summed E-state index contributed by atoms with van der Waals surface area (Å²) in [5.74, 6) is 1.51. The van der Waals surface area contributed by atoms with Crippen molar-refractivity contribution in [3.8, 4) is 11.3 Å². The van der Waals surface area contributed by atoms with Gasteiger partial charge in [-0.25, -0.2) is 4.98 Å². The first-order valence-electron chi connectivity index (χ1n) is 10.9. The minimum Gasteiger partial charge on any atom is -0.368 e. The Labute approximate surface area is 186 Å². The molecule has 1 unspecified atom stereocenters. The number of para-hydroxylation sites is 2. The summed E-state index contributed by atoms with van der Waals surface area (Å²) in [5.41, 5.74) is 4.59. The van der Waals surface area contributed by atoms with E-state index >= 15 is 0 Å². The largest absolute Gasteiger partial charge is 0.368 e. The summed E-state index contributed by atoms with van der Waals surface area (Å²) < 4.78 is 13.3. The van der Waals surface area contributed by atoms with E-state index < -0.39 is 6.10 Å². The normalized spacial score (nSPS) is 16.0. The maximum Gasteiger partial charge on any atom is 0.252 e.